The van der Waals surface area contributed by atoms with Gasteiger partial charge in [0, 0.05) is 10.0 Å². The Morgan fingerprint density at radius 2 is 1.77 bits per heavy atom. The average Bonchev–Trinajstić information content (AvgIpc) is 2.36. The number of benzene rings is 1. The molecule has 0 radical (unpaired) electrons. The van der Waals surface area contributed by atoms with Crippen LogP contribution in [0.25, 0.3) is 11.1 Å². The Morgan fingerprint density at radius 3 is 2.27 bits per heavy atom. The minimum absolute atomic E-state index is 0.203. The first-order chi connectivity index (χ1) is 10.2. The number of aryl methyl sites for hydroxylation is 1. The van der Waals surface area contributed by atoms with Crippen LogP contribution in [0.5, 0.6) is 0 Å². The third kappa shape index (κ3) is 2.60. The van der Waals surface area contributed by atoms with Crippen molar-refractivity contribution in [1.29, 1.82) is 0 Å². The highest BCUT2D eigenvalue weighted by molar-refractivity contribution is 9.10. The van der Waals surface area contributed by atoms with E-state index in [0.717, 1.165) is 4.47 Å². The van der Waals surface area contributed by atoms with Gasteiger partial charge in [-0.1, -0.05) is 22.0 Å². The lowest BCUT2D eigenvalue weighted by molar-refractivity contribution is 0.0695. The Balaban J connectivity index is 3.02. The topological polar surface area (TPSA) is 133 Å². The van der Waals surface area contributed by atoms with Crippen LogP contribution in [0.15, 0.2) is 27.5 Å². The van der Waals surface area contributed by atoms with Gasteiger partial charge in [-0.2, -0.15) is 0 Å². The number of carboxylic acid groups (broad SMARTS) is 2. The summed E-state index contributed by atoms with van der Waals surface area (Å²) in [6.45, 7) is 1.68. The number of carbonyl (C=O) groups is 2. The Hall–Kier alpha value is -2.61. The lowest BCUT2D eigenvalue weighted by atomic mass is 9.92. The van der Waals surface area contributed by atoms with Gasteiger partial charge < -0.3 is 20.9 Å². The summed E-state index contributed by atoms with van der Waals surface area (Å²) >= 11 is 3.27. The van der Waals surface area contributed by atoms with E-state index in [4.69, 9.17) is 5.73 Å². The molecule has 22 heavy (non-hydrogen) atoms. The lowest BCUT2D eigenvalue weighted by Crippen LogP contribution is -2.24. The molecule has 114 valence electrons. The molecule has 0 unspecified atom stereocenters. The van der Waals surface area contributed by atoms with Crippen LogP contribution in [-0.4, -0.2) is 27.1 Å². The zero-order chi connectivity index (χ0) is 16.6. The van der Waals surface area contributed by atoms with Crippen molar-refractivity contribution in [2.45, 2.75) is 6.92 Å². The van der Waals surface area contributed by atoms with Gasteiger partial charge in [0.2, 0.25) is 0 Å². The summed E-state index contributed by atoms with van der Waals surface area (Å²) in [5, 5.41) is 18.6. The van der Waals surface area contributed by atoms with E-state index in [2.05, 4.69) is 20.9 Å². The Labute approximate surface area is 132 Å². The lowest BCUT2D eigenvalue weighted by Gasteiger charge is -2.14. The molecule has 1 aromatic heterocycles. The molecule has 0 amide bonds. The number of nitrogen functional groups attached to an aromatic ring is 1. The summed E-state index contributed by atoms with van der Waals surface area (Å²) in [4.78, 5) is 36.9. The van der Waals surface area contributed by atoms with Gasteiger partial charge in [0.15, 0.2) is 0 Å². The minimum Gasteiger partial charge on any atom is -0.478 e. The van der Waals surface area contributed by atoms with Crippen LogP contribution in [0.2, 0.25) is 0 Å². The van der Waals surface area contributed by atoms with Crippen LogP contribution in [-0.2, 0) is 0 Å². The van der Waals surface area contributed by atoms with Crippen LogP contribution in [0.1, 0.15) is 26.3 Å². The highest BCUT2D eigenvalue weighted by Crippen LogP contribution is 2.32. The fourth-order valence-electron chi connectivity index (χ4n) is 2.22. The number of pyridine rings is 1. The van der Waals surface area contributed by atoms with E-state index < -0.39 is 28.6 Å². The van der Waals surface area contributed by atoms with Gasteiger partial charge in [-0.3, -0.25) is 4.79 Å². The van der Waals surface area contributed by atoms with Gasteiger partial charge in [-0.15, -0.1) is 0 Å². The molecule has 0 saturated carbocycles. The summed E-state index contributed by atoms with van der Waals surface area (Å²) in [6.07, 6.45) is 0. The van der Waals surface area contributed by atoms with Gasteiger partial charge in [0.25, 0.3) is 5.56 Å². The number of H-pyrrole nitrogens is 1. The molecule has 1 heterocycles. The summed E-state index contributed by atoms with van der Waals surface area (Å²) in [6, 6.07) is 4.84. The third-order valence-electron chi connectivity index (χ3n) is 3.13. The quantitative estimate of drug-likeness (QED) is 0.656. The number of aromatic amines is 1. The zero-order valence-electron chi connectivity index (χ0n) is 11.3. The maximum atomic E-state index is 11.9. The molecule has 1 aromatic carbocycles. The second kappa shape index (κ2) is 5.64. The van der Waals surface area contributed by atoms with Crippen LogP contribution in [0.4, 0.5) is 5.82 Å². The second-order valence-electron chi connectivity index (χ2n) is 4.56. The monoisotopic (exact) mass is 366 g/mol. The third-order valence-corrected chi connectivity index (χ3v) is 3.62. The average molecular weight is 367 g/mol. The fraction of sp³-hybridized carbons (Fsp3) is 0.0714. The smallest absolute Gasteiger partial charge is 0.342 e. The molecule has 2 aromatic rings. The maximum absolute atomic E-state index is 11.9. The maximum Gasteiger partial charge on any atom is 0.342 e. The number of nitrogens with two attached hydrogens (primary N) is 1. The van der Waals surface area contributed by atoms with Crippen molar-refractivity contribution in [3.63, 3.8) is 0 Å². The van der Waals surface area contributed by atoms with Gasteiger partial charge in [-0.25, -0.2) is 9.59 Å². The number of hydrogen-bond acceptors (Lipinski definition) is 4. The van der Waals surface area contributed by atoms with Gasteiger partial charge in [0.1, 0.15) is 16.9 Å². The Bertz CT molecular complexity index is 857. The molecular formula is C14H11BrN2O5. The molecule has 5 N–H and O–H groups in total. The van der Waals surface area contributed by atoms with Crippen molar-refractivity contribution in [2.24, 2.45) is 0 Å². The van der Waals surface area contributed by atoms with Gasteiger partial charge in [-0.05, 0) is 30.2 Å². The predicted molar refractivity (Wildman–Crippen MR) is 83.3 cm³/mol. The zero-order valence-corrected chi connectivity index (χ0v) is 12.9. The molecule has 0 fully saturated rings. The SMILES string of the molecule is Cc1cc(Br)ccc1-c1c(C(=O)O)c(N)[nH]c(=O)c1C(=O)O. The van der Waals surface area contributed by atoms with E-state index >= 15 is 0 Å². The first-order valence-electron chi connectivity index (χ1n) is 6.03. The number of halogens is 1. The normalized spacial score (nSPS) is 10.5. The first kappa shape index (κ1) is 15.8. The van der Waals surface area contributed by atoms with E-state index in [0.29, 0.717) is 11.1 Å². The van der Waals surface area contributed by atoms with Crippen molar-refractivity contribution in [3.05, 3.63) is 49.7 Å². The Kier molecular flexibility index (Phi) is 4.05. The summed E-state index contributed by atoms with van der Waals surface area (Å²) in [5.41, 5.74) is 4.24. The first-order valence-corrected chi connectivity index (χ1v) is 6.82. The number of anilines is 1. The molecule has 2 rings (SSSR count). The molecule has 0 spiro atoms. The number of carboxylic acids is 2. The van der Waals surface area contributed by atoms with E-state index in [1.807, 2.05) is 0 Å². The second-order valence-corrected chi connectivity index (χ2v) is 5.48. The summed E-state index contributed by atoms with van der Waals surface area (Å²) in [7, 11) is 0. The largest absolute Gasteiger partial charge is 0.478 e. The van der Waals surface area contributed by atoms with Gasteiger partial charge >= 0.3 is 11.9 Å². The number of hydrogen-bond donors (Lipinski definition) is 4. The van der Waals surface area contributed by atoms with Crippen molar-refractivity contribution in [3.8, 4) is 11.1 Å². The van der Waals surface area contributed by atoms with E-state index in [1.165, 1.54) is 6.07 Å². The molecular weight excluding hydrogens is 356 g/mol. The number of aromatic carboxylic acids is 2. The van der Waals surface area contributed by atoms with Crippen molar-refractivity contribution in [2.75, 3.05) is 5.73 Å². The molecule has 0 aliphatic rings. The molecule has 0 atom stereocenters. The van der Waals surface area contributed by atoms with Crippen LogP contribution < -0.4 is 11.3 Å². The molecule has 7 nitrogen and oxygen atoms in total. The van der Waals surface area contributed by atoms with Crippen LogP contribution in [0, 0.1) is 6.92 Å². The van der Waals surface area contributed by atoms with Crippen molar-refractivity contribution >= 4 is 33.7 Å². The summed E-state index contributed by atoms with van der Waals surface area (Å²) in [5.74, 6) is -3.34. The molecule has 0 aliphatic heterocycles. The van der Waals surface area contributed by atoms with Crippen molar-refractivity contribution in [1.82, 2.24) is 4.98 Å². The van der Waals surface area contributed by atoms with Gasteiger partial charge in [0.05, 0.1) is 0 Å². The van der Waals surface area contributed by atoms with E-state index in [-0.39, 0.29) is 11.4 Å². The van der Waals surface area contributed by atoms with Crippen LogP contribution in [0.3, 0.4) is 0 Å². The highest BCUT2D eigenvalue weighted by Gasteiger charge is 2.27. The van der Waals surface area contributed by atoms with Crippen molar-refractivity contribution < 1.29 is 19.8 Å². The molecule has 0 bridgehead atoms. The number of aromatic nitrogens is 1. The summed E-state index contributed by atoms with van der Waals surface area (Å²) < 4.78 is 0.736. The standard InChI is InChI=1S/C14H11BrN2O5/c1-5-4-6(15)2-3-7(5)8-9(13(19)20)11(16)17-12(18)10(8)14(21)22/h2-4H,1H3,(H,19,20)(H,21,22)(H3,16,17,18). The molecule has 0 saturated heterocycles. The minimum atomic E-state index is -1.53. The fourth-order valence-corrected chi connectivity index (χ4v) is 2.70. The van der Waals surface area contributed by atoms with E-state index in [1.54, 1.807) is 19.1 Å². The molecule has 8 heteroatoms. The Morgan fingerprint density at radius 1 is 1.18 bits per heavy atom. The predicted octanol–water partition coefficient (Wildman–Crippen LogP) is 2.09. The number of nitrogens with one attached hydrogen (secondary N) is 1. The van der Waals surface area contributed by atoms with Crippen LogP contribution >= 0.6 is 15.9 Å². The molecule has 0 aliphatic carbocycles. The van der Waals surface area contributed by atoms with E-state index in [9.17, 15) is 24.6 Å². The number of rotatable bonds is 3. The highest BCUT2D eigenvalue weighted by atomic mass is 79.9.